The Morgan fingerprint density at radius 2 is 1.89 bits per heavy atom. The van der Waals surface area contributed by atoms with Crippen LogP contribution in [0.5, 0.6) is 0 Å². The minimum Gasteiger partial charge on any atom is -0.369 e. The fourth-order valence-corrected chi connectivity index (χ4v) is 2.00. The minimum atomic E-state index is -4.36. The van der Waals surface area contributed by atoms with Crippen LogP contribution in [0.1, 0.15) is 31.9 Å². The topological polar surface area (TPSA) is 29.3 Å². The van der Waals surface area contributed by atoms with Gasteiger partial charge in [0.2, 0.25) is 0 Å². The van der Waals surface area contributed by atoms with Crippen LogP contribution in [0.2, 0.25) is 0 Å². The monoisotopic (exact) mass is 260 g/mol. The summed E-state index contributed by atoms with van der Waals surface area (Å²) < 4.78 is 39.2. The molecular formula is C13H19F3N2. The fraction of sp³-hybridized carbons (Fsp3) is 0.538. The van der Waals surface area contributed by atoms with Crippen molar-refractivity contribution in [3.63, 3.8) is 0 Å². The smallest absolute Gasteiger partial charge is 0.369 e. The van der Waals surface area contributed by atoms with Crippen LogP contribution in [0.15, 0.2) is 18.2 Å². The largest absolute Gasteiger partial charge is 0.418 e. The van der Waals surface area contributed by atoms with Crippen LogP contribution in [-0.2, 0) is 12.7 Å². The first kappa shape index (κ1) is 14.8. The molecule has 18 heavy (non-hydrogen) atoms. The van der Waals surface area contributed by atoms with E-state index in [1.165, 1.54) is 6.07 Å². The van der Waals surface area contributed by atoms with Gasteiger partial charge in [0.05, 0.1) is 5.56 Å². The van der Waals surface area contributed by atoms with Crippen molar-refractivity contribution in [3.05, 3.63) is 29.3 Å². The number of hydrogen-bond donors (Lipinski definition) is 1. The zero-order valence-electron chi connectivity index (χ0n) is 10.9. The Balaban J connectivity index is 3.34. The predicted octanol–water partition coefficient (Wildman–Crippen LogP) is 3.40. The van der Waals surface area contributed by atoms with Crippen LogP contribution < -0.4 is 10.6 Å². The van der Waals surface area contributed by atoms with Gasteiger partial charge in [0.25, 0.3) is 0 Å². The SMILES string of the molecule is CCN(c1ccc(CN)cc1C(F)(F)F)C(C)C. The van der Waals surface area contributed by atoms with Crippen molar-refractivity contribution in [3.8, 4) is 0 Å². The first-order valence-electron chi connectivity index (χ1n) is 5.98. The summed E-state index contributed by atoms with van der Waals surface area (Å²) in [5.74, 6) is 0. The molecule has 1 aromatic rings. The normalized spacial score (nSPS) is 12.0. The van der Waals surface area contributed by atoms with Gasteiger partial charge in [0.1, 0.15) is 0 Å². The summed E-state index contributed by atoms with van der Waals surface area (Å²) in [5, 5.41) is 0. The van der Waals surface area contributed by atoms with Crippen molar-refractivity contribution >= 4 is 5.69 Å². The molecule has 0 saturated heterocycles. The molecule has 0 spiro atoms. The quantitative estimate of drug-likeness (QED) is 0.899. The van der Waals surface area contributed by atoms with E-state index < -0.39 is 11.7 Å². The lowest BCUT2D eigenvalue weighted by molar-refractivity contribution is -0.137. The number of anilines is 1. The second kappa shape index (κ2) is 5.61. The number of halogens is 3. The molecule has 0 aliphatic heterocycles. The van der Waals surface area contributed by atoms with Crippen molar-refractivity contribution in [1.82, 2.24) is 0 Å². The molecule has 0 heterocycles. The van der Waals surface area contributed by atoms with Crippen LogP contribution in [-0.4, -0.2) is 12.6 Å². The molecule has 102 valence electrons. The lowest BCUT2D eigenvalue weighted by Gasteiger charge is -2.30. The summed E-state index contributed by atoms with van der Waals surface area (Å²) >= 11 is 0. The summed E-state index contributed by atoms with van der Waals surface area (Å²) in [6, 6.07) is 4.31. The number of alkyl halides is 3. The summed E-state index contributed by atoms with van der Waals surface area (Å²) in [4.78, 5) is 1.73. The van der Waals surface area contributed by atoms with Gasteiger partial charge in [-0.15, -0.1) is 0 Å². The van der Waals surface area contributed by atoms with Crippen LogP contribution in [0.3, 0.4) is 0 Å². The average Bonchev–Trinajstić information content (AvgIpc) is 2.28. The van der Waals surface area contributed by atoms with Crippen molar-refractivity contribution in [2.45, 2.75) is 39.5 Å². The molecule has 0 atom stereocenters. The first-order chi connectivity index (χ1) is 8.31. The molecule has 0 aliphatic carbocycles. The van der Waals surface area contributed by atoms with E-state index in [4.69, 9.17) is 5.73 Å². The standard InChI is InChI=1S/C13H19F3N2/c1-4-18(9(2)3)12-6-5-10(8-17)7-11(12)13(14,15)16/h5-7,9H,4,8,17H2,1-3H3. The lowest BCUT2D eigenvalue weighted by atomic mass is 10.1. The third-order valence-corrected chi connectivity index (χ3v) is 2.88. The number of hydrogen-bond acceptors (Lipinski definition) is 2. The predicted molar refractivity (Wildman–Crippen MR) is 67.5 cm³/mol. The molecule has 0 unspecified atom stereocenters. The Kier molecular flexibility index (Phi) is 4.62. The van der Waals surface area contributed by atoms with Gasteiger partial charge < -0.3 is 10.6 Å². The maximum atomic E-state index is 13.1. The van der Waals surface area contributed by atoms with Gasteiger partial charge in [-0.1, -0.05) is 6.07 Å². The van der Waals surface area contributed by atoms with E-state index in [9.17, 15) is 13.2 Å². The number of benzene rings is 1. The van der Waals surface area contributed by atoms with Crippen LogP contribution in [0.25, 0.3) is 0 Å². The number of nitrogens with zero attached hydrogens (tertiary/aromatic N) is 1. The maximum absolute atomic E-state index is 13.1. The summed E-state index contributed by atoms with van der Waals surface area (Å²) in [5.41, 5.74) is 5.50. The molecule has 0 amide bonds. The molecule has 0 fully saturated rings. The van der Waals surface area contributed by atoms with Crippen LogP contribution in [0.4, 0.5) is 18.9 Å². The number of nitrogens with two attached hydrogens (primary N) is 1. The van der Waals surface area contributed by atoms with E-state index in [-0.39, 0.29) is 18.3 Å². The zero-order valence-corrected chi connectivity index (χ0v) is 10.9. The van der Waals surface area contributed by atoms with Gasteiger partial charge in [-0.2, -0.15) is 13.2 Å². The van der Waals surface area contributed by atoms with Gasteiger partial charge in [-0.05, 0) is 38.5 Å². The van der Waals surface area contributed by atoms with E-state index in [1.807, 2.05) is 20.8 Å². The highest BCUT2D eigenvalue weighted by molar-refractivity contribution is 5.57. The van der Waals surface area contributed by atoms with Gasteiger partial charge in [-0.25, -0.2) is 0 Å². The van der Waals surface area contributed by atoms with Gasteiger partial charge >= 0.3 is 6.18 Å². The molecule has 0 bridgehead atoms. The highest BCUT2D eigenvalue weighted by atomic mass is 19.4. The molecule has 0 aliphatic rings. The summed E-state index contributed by atoms with van der Waals surface area (Å²) in [6.07, 6.45) is -4.36. The zero-order chi connectivity index (χ0) is 13.9. The lowest BCUT2D eigenvalue weighted by Crippen LogP contribution is -2.32. The minimum absolute atomic E-state index is 0.0137. The Morgan fingerprint density at radius 1 is 1.28 bits per heavy atom. The molecule has 0 aromatic heterocycles. The van der Waals surface area contributed by atoms with Gasteiger partial charge in [0, 0.05) is 24.8 Å². The van der Waals surface area contributed by atoms with E-state index >= 15 is 0 Å². The Morgan fingerprint density at radius 3 is 2.28 bits per heavy atom. The molecule has 2 nitrogen and oxygen atoms in total. The van der Waals surface area contributed by atoms with E-state index in [0.717, 1.165) is 6.07 Å². The van der Waals surface area contributed by atoms with Crippen molar-refractivity contribution in [1.29, 1.82) is 0 Å². The summed E-state index contributed by atoms with van der Waals surface area (Å²) in [7, 11) is 0. The van der Waals surface area contributed by atoms with E-state index in [1.54, 1.807) is 11.0 Å². The molecular weight excluding hydrogens is 241 g/mol. The second-order valence-corrected chi connectivity index (χ2v) is 4.43. The summed E-state index contributed by atoms with van der Waals surface area (Å²) in [6.45, 7) is 6.23. The highest BCUT2D eigenvalue weighted by Crippen LogP contribution is 2.37. The maximum Gasteiger partial charge on any atom is 0.418 e. The molecule has 1 rings (SSSR count). The van der Waals surface area contributed by atoms with Crippen molar-refractivity contribution in [2.75, 3.05) is 11.4 Å². The van der Waals surface area contributed by atoms with Crippen molar-refractivity contribution in [2.24, 2.45) is 5.73 Å². The molecule has 0 saturated carbocycles. The van der Waals surface area contributed by atoms with Gasteiger partial charge in [0.15, 0.2) is 0 Å². The van der Waals surface area contributed by atoms with Gasteiger partial charge in [-0.3, -0.25) is 0 Å². The highest BCUT2D eigenvalue weighted by Gasteiger charge is 2.35. The van der Waals surface area contributed by atoms with Crippen molar-refractivity contribution < 1.29 is 13.2 Å². The molecule has 5 heteroatoms. The Labute approximate surface area is 106 Å². The first-order valence-corrected chi connectivity index (χ1v) is 5.98. The number of rotatable bonds is 4. The van der Waals surface area contributed by atoms with Crippen LogP contribution in [0, 0.1) is 0 Å². The third-order valence-electron chi connectivity index (χ3n) is 2.88. The molecule has 2 N–H and O–H groups in total. The van der Waals surface area contributed by atoms with E-state index in [2.05, 4.69) is 0 Å². The van der Waals surface area contributed by atoms with Crippen LogP contribution >= 0.6 is 0 Å². The third kappa shape index (κ3) is 3.16. The molecule has 1 aromatic carbocycles. The second-order valence-electron chi connectivity index (χ2n) is 4.43. The Hall–Kier alpha value is -1.23. The average molecular weight is 260 g/mol. The van der Waals surface area contributed by atoms with E-state index in [0.29, 0.717) is 12.1 Å². The fourth-order valence-electron chi connectivity index (χ4n) is 2.00. The molecule has 0 radical (unpaired) electrons. The Bertz CT molecular complexity index is 400.